The van der Waals surface area contributed by atoms with Gasteiger partial charge in [-0.15, -0.1) is 4.40 Å². The third kappa shape index (κ3) is 4.85. The Hall–Kier alpha value is -2.23. The zero-order valence-electron chi connectivity index (χ0n) is 15.9. The average molecular weight is 454 g/mol. The summed E-state index contributed by atoms with van der Waals surface area (Å²) in [4.78, 5) is 14.5. The van der Waals surface area contributed by atoms with Crippen LogP contribution in [-0.2, 0) is 14.8 Å². The Morgan fingerprint density at radius 2 is 2.03 bits per heavy atom. The summed E-state index contributed by atoms with van der Waals surface area (Å²) in [6.07, 6.45) is 0.792. The van der Waals surface area contributed by atoms with Crippen LogP contribution in [0.25, 0.3) is 0 Å². The largest absolute Gasteiger partial charge is 0.495 e. The number of hydrogen-bond donors (Lipinski definition) is 1. The van der Waals surface area contributed by atoms with Crippen molar-refractivity contribution in [3.05, 3.63) is 47.5 Å². The minimum absolute atomic E-state index is 0.0214. The van der Waals surface area contributed by atoms with Crippen molar-refractivity contribution in [2.75, 3.05) is 29.6 Å². The summed E-state index contributed by atoms with van der Waals surface area (Å²) in [5, 5.41) is 3.47. The fourth-order valence-electron chi connectivity index (χ4n) is 2.84. The molecule has 154 valence electrons. The van der Waals surface area contributed by atoms with Crippen LogP contribution in [0.3, 0.4) is 0 Å². The molecular formula is C19H20ClN3O4S2. The molecule has 1 N–H and O–H groups in total. The van der Waals surface area contributed by atoms with Gasteiger partial charge in [0.1, 0.15) is 10.6 Å². The Bertz CT molecular complexity index is 1060. The second-order valence-electron chi connectivity index (χ2n) is 6.15. The van der Waals surface area contributed by atoms with E-state index < -0.39 is 10.0 Å². The lowest BCUT2D eigenvalue weighted by Crippen LogP contribution is -2.35. The van der Waals surface area contributed by atoms with Gasteiger partial charge in [0.05, 0.1) is 24.2 Å². The summed E-state index contributed by atoms with van der Waals surface area (Å²) >= 11 is 7.05. The molecule has 7 nitrogen and oxygen atoms in total. The van der Waals surface area contributed by atoms with E-state index in [9.17, 15) is 13.2 Å². The first-order chi connectivity index (χ1) is 13.9. The summed E-state index contributed by atoms with van der Waals surface area (Å²) in [5.74, 6) is 0.129. The minimum atomic E-state index is -3.81. The van der Waals surface area contributed by atoms with Gasteiger partial charge >= 0.3 is 0 Å². The number of rotatable bonds is 6. The number of sulfonamides is 1. The molecule has 1 heterocycles. The lowest BCUT2D eigenvalue weighted by molar-refractivity contribution is -0.113. The molecule has 0 aromatic heterocycles. The highest BCUT2D eigenvalue weighted by molar-refractivity contribution is 8.15. The normalized spacial score (nSPS) is 14.7. The number of nitrogens with one attached hydrogen (secondary N) is 1. The van der Waals surface area contributed by atoms with Gasteiger partial charge in [-0.05, 0) is 36.8 Å². The van der Waals surface area contributed by atoms with Crippen molar-refractivity contribution < 1.29 is 17.9 Å². The number of amides is 1. The second-order valence-corrected chi connectivity index (χ2v) is 9.10. The summed E-state index contributed by atoms with van der Waals surface area (Å²) in [6.45, 7) is 2.58. The summed E-state index contributed by atoms with van der Waals surface area (Å²) < 4.78 is 34.2. The molecule has 0 bridgehead atoms. The van der Waals surface area contributed by atoms with E-state index in [1.54, 1.807) is 36.4 Å². The van der Waals surface area contributed by atoms with Crippen LogP contribution in [0, 0.1) is 0 Å². The van der Waals surface area contributed by atoms with Crippen LogP contribution in [0.15, 0.2) is 51.8 Å². The quantitative estimate of drug-likeness (QED) is 0.711. The average Bonchev–Trinajstić information content (AvgIpc) is 2.69. The van der Waals surface area contributed by atoms with E-state index >= 15 is 0 Å². The number of fused-ring (bicyclic) bond motifs is 1. The van der Waals surface area contributed by atoms with Crippen molar-refractivity contribution in [1.29, 1.82) is 0 Å². The number of nitrogens with zero attached hydrogens (tertiary/aromatic N) is 2. The molecule has 0 spiro atoms. The summed E-state index contributed by atoms with van der Waals surface area (Å²) in [5.41, 5.74) is 1.02. The van der Waals surface area contributed by atoms with Crippen molar-refractivity contribution in [3.8, 4) is 5.75 Å². The Labute approximate surface area is 179 Å². The van der Waals surface area contributed by atoms with Gasteiger partial charge in [0.15, 0.2) is 5.17 Å². The van der Waals surface area contributed by atoms with Gasteiger partial charge in [0.25, 0.3) is 10.0 Å². The lowest BCUT2D eigenvalue weighted by atomic mass is 10.3. The van der Waals surface area contributed by atoms with Crippen molar-refractivity contribution in [2.24, 2.45) is 4.40 Å². The molecule has 10 heteroatoms. The number of ether oxygens (including phenoxy) is 1. The lowest BCUT2D eigenvalue weighted by Gasteiger charge is -2.29. The molecule has 0 saturated carbocycles. The van der Waals surface area contributed by atoms with E-state index in [-0.39, 0.29) is 21.7 Å². The maximum atomic E-state index is 12.5. The topological polar surface area (TPSA) is 88.1 Å². The molecule has 2 aromatic rings. The highest BCUT2D eigenvalue weighted by Crippen LogP contribution is 2.34. The van der Waals surface area contributed by atoms with Crippen LogP contribution < -0.4 is 15.0 Å². The van der Waals surface area contributed by atoms with Crippen LogP contribution in [-0.4, -0.2) is 38.9 Å². The molecule has 0 fully saturated rings. The number of para-hydroxylation sites is 1. The molecular weight excluding hydrogens is 434 g/mol. The van der Waals surface area contributed by atoms with Crippen molar-refractivity contribution in [1.82, 2.24) is 0 Å². The number of halogens is 1. The molecule has 1 aliphatic rings. The standard InChI is InChI=1S/C19H20ClN3O4S2/c1-3-10-23-15-6-4-5-7-17(15)29(25,26)22-19(23)28-12-18(24)21-14-11-13(20)8-9-16(14)27-2/h4-9,11H,3,10,12H2,1-2H3,(H,21,24). The first-order valence-corrected chi connectivity index (χ1v) is 11.6. The van der Waals surface area contributed by atoms with Gasteiger partial charge in [0, 0.05) is 11.6 Å². The van der Waals surface area contributed by atoms with E-state index in [4.69, 9.17) is 16.3 Å². The predicted octanol–water partition coefficient (Wildman–Crippen LogP) is 4.00. The Balaban J connectivity index is 1.78. The van der Waals surface area contributed by atoms with Gasteiger partial charge in [-0.2, -0.15) is 8.42 Å². The van der Waals surface area contributed by atoms with Gasteiger partial charge in [-0.25, -0.2) is 0 Å². The van der Waals surface area contributed by atoms with Crippen LogP contribution in [0.2, 0.25) is 5.02 Å². The number of methoxy groups -OCH3 is 1. The fraction of sp³-hybridized carbons (Fsp3) is 0.263. The smallest absolute Gasteiger partial charge is 0.286 e. The molecule has 0 radical (unpaired) electrons. The van der Waals surface area contributed by atoms with Crippen LogP contribution in [0.4, 0.5) is 11.4 Å². The van der Waals surface area contributed by atoms with Gasteiger partial charge in [0.2, 0.25) is 5.91 Å². The molecule has 1 aliphatic heterocycles. The number of carbonyl (C=O) groups excluding carboxylic acids is 1. The van der Waals surface area contributed by atoms with Crippen LogP contribution in [0.1, 0.15) is 13.3 Å². The zero-order chi connectivity index (χ0) is 21.0. The number of carbonyl (C=O) groups is 1. The molecule has 2 aromatic carbocycles. The third-order valence-corrected chi connectivity index (χ3v) is 6.72. The van der Waals surface area contributed by atoms with Gasteiger partial charge in [-0.1, -0.05) is 42.4 Å². The Morgan fingerprint density at radius 3 is 2.76 bits per heavy atom. The third-order valence-electron chi connectivity index (χ3n) is 4.08. The predicted molar refractivity (Wildman–Crippen MR) is 118 cm³/mol. The number of thioether (sulfide) groups is 1. The van der Waals surface area contributed by atoms with Crippen molar-refractivity contribution >= 4 is 55.8 Å². The summed E-state index contributed by atoms with van der Waals surface area (Å²) in [7, 11) is -2.31. The van der Waals surface area contributed by atoms with E-state index in [1.807, 2.05) is 11.8 Å². The van der Waals surface area contributed by atoms with E-state index in [1.165, 1.54) is 13.2 Å². The minimum Gasteiger partial charge on any atom is -0.495 e. The number of hydrogen-bond acceptors (Lipinski definition) is 6. The molecule has 0 aliphatic carbocycles. The van der Waals surface area contributed by atoms with E-state index in [0.717, 1.165) is 18.2 Å². The molecule has 0 unspecified atom stereocenters. The van der Waals surface area contributed by atoms with Crippen LogP contribution >= 0.6 is 23.4 Å². The first kappa shape index (κ1) is 21.5. The molecule has 0 atom stereocenters. The molecule has 3 rings (SSSR count). The summed E-state index contributed by atoms with van der Waals surface area (Å²) in [6, 6.07) is 11.6. The van der Waals surface area contributed by atoms with Gasteiger partial charge in [-0.3, -0.25) is 4.79 Å². The molecule has 1 amide bonds. The maximum absolute atomic E-state index is 12.5. The van der Waals surface area contributed by atoms with Crippen molar-refractivity contribution in [3.63, 3.8) is 0 Å². The highest BCUT2D eigenvalue weighted by atomic mass is 35.5. The van der Waals surface area contributed by atoms with Gasteiger partial charge < -0.3 is 15.0 Å². The number of amidine groups is 1. The van der Waals surface area contributed by atoms with E-state index in [0.29, 0.717) is 28.7 Å². The molecule has 0 saturated heterocycles. The first-order valence-electron chi connectivity index (χ1n) is 8.83. The number of anilines is 2. The monoisotopic (exact) mass is 453 g/mol. The SMILES string of the molecule is CCCN1C(SCC(=O)Nc2cc(Cl)ccc2OC)=NS(=O)(=O)c2ccccc21. The zero-order valence-corrected chi connectivity index (χ0v) is 18.3. The Morgan fingerprint density at radius 1 is 1.28 bits per heavy atom. The molecule has 29 heavy (non-hydrogen) atoms. The highest BCUT2D eigenvalue weighted by Gasteiger charge is 2.30. The Kier molecular flexibility index (Phi) is 6.71. The van der Waals surface area contributed by atoms with Crippen LogP contribution in [0.5, 0.6) is 5.75 Å². The second kappa shape index (κ2) is 9.06. The number of benzene rings is 2. The van der Waals surface area contributed by atoms with Crippen molar-refractivity contribution in [2.45, 2.75) is 18.2 Å². The fourth-order valence-corrected chi connectivity index (χ4v) is 5.29. The van der Waals surface area contributed by atoms with E-state index in [2.05, 4.69) is 9.71 Å². The maximum Gasteiger partial charge on any atom is 0.286 e.